The summed E-state index contributed by atoms with van der Waals surface area (Å²) in [5, 5.41) is 7.71. The predicted octanol–water partition coefficient (Wildman–Crippen LogP) is 4.78. The van der Waals surface area contributed by atoms with Crippen molar-refractivity contribution < 1.29 is 9.47 Å². The summed E-state index contributed by atoms with van der Waals surface area (Å²) in [4.78, 5) is 0. The second-order valence-electron chi connectivity index (χ2n) is 6.76. The Morgan fingerprint density at radius 1 is 1.19 bits per heavy atom. The first-order valence-electron chi connectivity index (χ1n) is 9.32. The Labute approximate surface area is 174 Å². The van der Waals surface area contributed by atoms with Gasteiger partial charge in [0.15, 0.2) is 11.5 Å². The summed E-state index contributed by atoms with van der Waals surface area (Å²) in [6.07, 6.45) is 2.45. The van der Waals surface area contributed by atoms with E-state index in [2.05, 4.69) is 26.6 Å². The Kier molecular flexibility index (Phi) is 7.82. The maximum atomic E-state index is 6.27. The second kappa shape index (κ2) is 10.3. The van der Waals surface area contributed by atoms with Crippen LogP contribution in [0.15, 0.2) is 40.9 Å². The number of piperidine rings is 1. The molecule has 0 amide bonds. The molecule has 1 saturated heterocycles. The molecule has 1 heterocycles. The van der Waals surface area contributed by atoms with Crippen LogP contribution in [0.5, 0.6) is 11.5 Å². The molecule has 146 valence electrons. The van der Waals surface area contributed by atoms with Crippen molar-refractivity contribution in [2.45, 2.75) is 26.0 Å². The predicted molar refractivity (Wildman–Crippen MR) is 114 cm³/mol. The van der Waals surface area contributed by atoms with Crippen LogP contribution in [0.4, 0.5) is 0 Å². The minimum atomic E-state index is 0.397. The highest BCUT2D eigenvalue weighted by atomic mass is 79.9. The van der Waals surface area contributed by atoms with Gasteiger partial charge in [0, 0.05) is 27.2 Å². The van der Waals surface area contributed by atoms with Crippen LogP contribution in [0, 0.1) is 5.92 Å². The summed E-state index contributed by atoms with van der Waals surface area (Å²) in [6, 6.07) is 11.7. The molecule has 0 saturated carbocycles. The van der Waals surface area contributed by atoms with Crippen molar-refractivity contribution in [1.82, 2.24) is 10.6 Å². The molecule has 4 nitrogen and oxygen atoms in total. The van der Waals surface area contributed by atoms with Gasteiger partial charge in [0.25, 0.3) is 0 Å². The van der Waals surface area contributed by atoms with E-state index in [9.17, 15) is 0 Å². The number of nitrogens with one attached hydrogen (secondary N) is 2. The van der Waals surface area contributed by atoms with Gasteiger partial charge >= 0.3 is 0 Å². The molecule has 1 aliphatic heterocycles. The third kappa shape index (κ3) is 5.61. The molecule has 2 aromatic carbocycles. The summed E-state index contributed by atoms with van der Waals surface area (Å²) >= 11 is 9.93. The van der Waals surface area contributed by atoms with Crippen LogP contribution in [-0.4, -0.2) is 26.7 Å². The Balaban J connectivity index is 1.70. The van der Waals surface area contributed by atoms with E-state index in [0.717, 1.165) is 59.2 Å². The molecule has 0 aromatic heterocycles. The summed E-state index contributed by atoms with van der Waals surface area (Å²) in [5.41, 5.74) is 2.02. The monoisotopic (exact) mass is 452 g/mol. The average Bonchev–Trinajstić information content (AvgIpc) is 2.70. The number of halogens is 2. The van der Waals surface area contributed by atoms with E-state index in [-0.39, 0.29) is 0 Å². The molecule has 2 N–H and O–H groups in total. The van der Waals surface area contributed by atoms with Gasteiger partial charge in [0.05, 0.1) is 7.11 Å². The molecule has 0 spiro atoms. The zero-order valence-corrected chi connectivity index (χ0v) is 17.9. The number of hydrogen-bond acceptors (Lipinski definition) is 4. The molecule has 3 rings (SSSR count). The summed E-state index contributed by atoms with van der Waals surface area (Å²) in [5.74, 6) is 2.21. The van der Waals surface area contributed by atoms with Gasteiger partial charge in [-0.15, -0.1) is 0 Å². The smallest absolute Gasteiger partial charge is 0.167 e. The Morgan fingerprint density at radius 3 is 2.70 bits per heavy atom. The quantitative estimate of drug-likeness (QED) is 0.604. The van der Waals surface area contributed by atoms with Crippen molar-refractivity contribution in [3.05, 3.63) is 57.0 Å². The zero-order chi connectivity index (χ0) is 19.1. The molecule has 0 bridgehead atoms. The molecular formula is C21H26BrClN2O2. The van der Waals surface area contributed by atoms with Gasteiger partial charge in [-0.25, -0.2) is 0 Å². The number of methoxy groups -OCH3 is 1. The Bertz CT molecular complexity index is 751. The van der Waals surface area contributed by atoms with Crippen molar-refractivity contribution >= 4 is 27.5 Å². The van der Waals surface area contributed by atoms with Crippen LogP contribution in [0.3, 0.4) is 0 Å². The van der Waals surface area contributed by atoms with Crippen LogP contribution < -0.4 is 20.1 Å². The third-order valence-electron chi connectivity index (χ3n) is 4.91. The van der Waals surface area contributed by atoms with Crippen molar-refractivity contribution in [2.24, 2.45) is 5.92 Å². The standard InChI is InChI=1S/C21H26BrClN2O2/c1-26-20-7-6-18(22)17(13-25-12-15-8-10-24-11-9-15)21(20)27-14-16-4-2-3-5-19(16)23/h2-7,15,24-25H,8-14H2,1H3. The van der Waals surface area contributed by atoms with Gasteiger partial charge in [-0.05, 0) is 56.6 Å². The molecule has 2 aromatic rings. The molecule has 0 aliphatic carbocycles. The van der Waals surface area contributed by atoms with E-state index in [4.69, 9.17) is 21.1 Å². The SMILES string of the molecule is COc1ccc(Br)c(CNCC2CCNCC2)c1OCc1ccccc1Cl. The molecule has 6 heteroatoms. The van der Waals surface area contributed by atoms with Crippen LogP contribution in [-0.2, 0) is 13.2 Å². The minimum Gasteiger partial charge on any atom is -0.493 e. The largest absolute Gasteiger partial charge is 0.493 e. The normalized spacial score (nSPS) is 14.9. The molecule has 1 aliphatic rings. The molecule has 27 heavy (non-hydrogen) atoms. The summed E-state index contributed by atoms with van der Waals surface area (Å²) in [7, 11) is 1.66. The maximum Gasteiger partial charge on any atom is 0.167 e. The number of rotatable bonds is 8. The van der Waals surface area contributed by atoms with E-state index in [1.54, 1.807) is 7.11 Å². The summed E-state index contributed by atoms with van der Waals surface area (Å²) < 4.78 is 12.7. The fourth-order valence-corrected chi connectivity index (χ4v) is 3.96. The van der Waals surface area contributed by atoms with Gasteiger partial charge in [-0.1, -0.05) is 45.7 Å². The van der Waals surface area contributed by atoms with E-state index < -0.39 is 0 Å². The highest BCUT2D eigenvalue weighted by molar-refractivity contribution is 9.10. The highest BCUT2D eigenvalue weighted by Gasteiger charge is 2.17. The first-order chi connectivity index (χ1) is 13.2. The third-order valence-corrected chi connectivity index (χ3v) is 6.02. The van der Waals surface area contributed by atoms with Gasteiger partial charge < -0.3 is 20.1 Å². The van der Waals surface area contributed by atoms with E-state index in [1.807, 2.05) is 36.4 Å². The van der Waals surface area contributed by atoms with Crippen LogP contribution in [0.25, 0.3) is 0 Å². The molecule has 1 fully saturated rings. The fourth-order valence-electron chi connectivity index (χ4n) is 3.32. The summed E-state index contributed by atoms with van der Waals surface area (Å²) in [6.45, 7) is 4.35. The van der Waals surface area contributed by atoms with Gasteiger partial charge in [-0.3, -0.25) is 0 Å². The first-order valence-corrected chi connectivity index (χ1v) is 10.5. The van der Waals surface area contributed by atoms with Crippen molar-refractivity contribution in [1.29, 1.82) is 0 Å². The molecule has 0 unspecified atom stereocenters. The second-order valence-corrected chi connectivity index (χ2v) is 8.02. The van der Waals surface area contributed by atoms with Crippen molar-refractivity contribution in [3.63, 3.8) is 0 Å². The molecular weight excluding hydrogens is 428 g/mol. The lowest BCUT2D eigenvalue weighted by Crippen LogP contribution is -2.33. The minimum absolute atomic E-state index is 0.397. The highest BCUT2D eigenvalue weighted by Crippen LogP contribution is 2.37. The van der Waals surface area contributed by atoms with Crippen molar-refractivity contribution in [2.75, 3.05) is 26.7 Å². The fraction of sp³-hybridized carbons (Fsp3) is 0.429. The lowest BCUT2D eigenvalue weighted by atomic mass is 9.98. The number of ether oxygens (including phenoxy) is 2. The van der Waals surface area contributed by atoms with E-state index >= 15 is 0 Å². The molecule has 0 radical (unpaired) electrons. The van der Waals surface area contributed by atoms with Crippen LogP contribution in [0.1, 0.15) is 24.0 Å². The first kappa shape index (κ1) is 20.5. The average molecular weight is 454 g/mol. The van der Waals surface area contributed by atoms with Crippen LogP contribution in [0.2, 0.25) is 5.02 Å². The van der Waals surface area contributed by atoms with Crippen molar-refractivity contribution in [3.8, 4) is 11.5 Å². The number of hydrogen-bond donors (Lipinski definition) is 2. The van der Waals surface area contributed by atoms with Gasteiger partial charge in [-0.2, -0.15) is 0 Å². The lowest BCUT2D eigenvalue weighted by Gasteiger charge is -2.23. The van der Waals surface area contributed by atoms with Gasteiger partial charge in [0.1, 0.15) is 6.61 Å². The Hall–Kier alpha value is -1.27. The van der Waals surface area contributed by atoms with Crippen LogP contribution >= 0.6 is 27.5 Å². The van der Waals surface area contributed by atoms with E-state index in [0.29, 0.717) is 11.6 Å². The van der Waals surface area contributed by atoms with Gasteiger partial charge in [0.2, 0.25) is 0 Å². The molecule has 0 atom stereocenters. The maximum absolute atomic E-state index is 6.27. The Morgan fingerprint density at radius 2 is 1.96 bits per heavy atom. The number of benzene rings is 2. The zero-order valence-electron chi connectivity index (χ0n) is 15.6. The topological polar surface area (TPSA) is 42.5 Å². The van der Waals surface area contributed by atoms with E-state index in [1.165, 1.54) is 12.8 Å². The lowest BCUT2D eigenvalue weighted by molar-refractivity contribution is 0.279.